The summed E-state index contributed by atoms with van der Waals surface area (Å²) in [6, 6.07) is 8.52. The average molecular weight is 333 g/mol. The van der Waals surface area contributed by atoms with Gasteiger partial charge in [-0.15, -0.1) is 0 Å². The number of nitrogens with zero attached hydrogens (tertiary/aromatic N) is 2. The zero-order valence-corrected chi connectivity index (χ0v) is 15.2. The standard InChI is InChI=1S/C19H31N3O2/c1-15(2)17-7-4-5-8-18(17)20-19(24)22-12-9-16(10-13-22)21(3)11-6-14-23/h4-5,7-8,15-16,23H,6,9-14H2,1-3H3,(H,20,24). The van der Waals surface area contributed by atoms with Crippen LogP contribution in [-0.2, 0) is 0 Å². The summed E-state index contributed by atoms with van der Waals surface area (Å²) in [4.78, 5) is 16.8. The molecule has 1 aliphatic heterocycles. The monoisotopic (exact) mass is 333 g/mol. The third-order valence-corrected chi connectivity index (χ3v) is 4.87. The van der Waals surface area contributed by atoms with Crippen molar-refractivity contribution in [2.75, 3.05) is 38.6 Å². The number of carbonyl (C=O) groups excluding carboxylic acids is 1. The predicted molar refractivity (Wildman–Crippen MR) is 98.5 cm³/mol. The van der Waals surface area contributed by atoms with Crippen LogP contribution in [0.25, 0.3) is 0 Å². The molecule has 1 heterocycles. The number of hydrogen-bond acceptors (Lipinski definition) is 3. The normalized spacial score (nSPS) is 16.0. The van der Waals surface area contributed by atoms with Crippen molar-refractivity contribution in [3.63, 3.8) is 0 Å². The van der Waals surface area contributed by atoms with Crippen molar-refractivity contribution in [2.45, 2.75) is 45.1 Å². The van der Waals surface area contributed by atoms with Gasteiger partial charge in [0, 0.05) is 38.0 Å². The van der Waals surface area contributed by atoms with E-state index >= 15 is 0 Å². The van der Waals surface area contributed by atoms with Crippen molar-refractivity contribution >= 4 is 11.7 Å². The highest BCUT2D eigenvalue weighted by atomic mass is 16.3. The SMILES string of the molecule is CC(C)c1ccccc1NC(=O)N1CCC(N(C)CCCO)CC1. The number of carbonyl (C=O) groups is 1. The number of aliphatic hydroxyl groups is 1. The summed E-state index contributed by atoms with van der Waals surface area (Å²) >= 11 is 0. The highest BCUT2D eigenvalue weighted by Crippen LogP contribution is 2.24. The molecule has 0 saturated carbocycles. The average Bonchev–Trinajstić information content (AvgIpc) is 2.60. The van der Waals surface area contributed by atoms with E-state index < -0.39 is 0 Å². The van der Waals surface area contributed by atoms with Gasteiger partial charge in [-0.05, 0) is 43.9 Å². The second-order valence-electron chi connectivity index (χ2n) is 6.95. The minimum Gasteiger partial charge on any atom is -0.396 e. The first-order valence-electron chi connectivity index (χ1n) is 8.99. The molecule has 0 unspecified atom stereocenters. The van der Waals surface area contributed by atoms with Crippen LogP contribution in [0.2, 0.25) is 0 Å². The lowest BCUT2D eigenvalue weighted by Crippen LogP contribution is -2.47. The topological polar surface area (TPSA) is 55.8 Å². The van der Waals surface area contributed by atoms with E-state index in [0.29, 0.717) is 12.0 Å². The number of anilines is 1. The van der Waals surface area contributed by atoms with E-state index in [4.69, 9.17) is 5.11 Å². The lowest BCUT2D eigenvalue weighted by atomic mass is 10.0. The fourth-order valence-corrected chi connectivity index (χ4v) is 3.32. The molecule has 0 spiro atoms. The molecule has 0 bridgehead atoms. The number of amides is 2. The van der Waals surface area contributed by atoms with Gasteiger partial charge in [-0.2, -0.15) is 0 Å². The van der Waals surface area contributed by atoms with Gasteiger partial charge in [0.15, 0.2) is 0 Å². The Morgan fingerprint density at radius 3 is 2.62 bits per heavy atom. The number of aliphatic hydroxyl groups excluding tert-OH is 1. The Bertz CT molecular complexity index is 525. The summed E-state index contributed by atoms with van der Waals surface area (Å²) in [6.07, 6.45) is 2.78. The van der Waals surface area contributed by atoms with Crippen LogP contribution in [0, 0.1) is 0 Å². The smallest absolute Gasteiger partial charge is 0.321 e. The molecule has 0 aromatic heterocycles. The quantitative estimate of drug-likeness (QED) is 0.841. The molecule has 1 fully saturated rings. The van der Waals surface area contributed by atoms with Crippen LogP contribution in [0.1, 0.15) is 44.6 Å². The van der Waals surface area contributed by atoms with Crippen LogP contribution in [0.3, 0.4) is 0 Å². The van der Waals surface area contributed by atoms with Crippen LogP contribution in [0.15, 0.2) is 24.3 Å². The van der Waals surface area contributed by atoms with E-state index in [0.717, 1.165) is 44.6 Å². The summed E-state index contributed by atoms with van der Waals surface area (Å²) in [7, 11) is 2.11. The lowest BCUT2D eigenvalue weighted by Gasteiger charge is -2.36. The Kier molecular flexibility index (Phi) is 7.06. The number of para-hydroxylation sites is 1. The number of piperidine rings is 1. The van der Waals surface area contributed by atoms with E-state index in [2.05, 4.69) is 37.2 Å². The third kappa shape index (κ3) is 4.95. The first kappa shape index (κ1) is 18.7. The van der Waals surface area contributed by atoms with Gasteiger partial charge >= 0.3 is 6.03 Å². The summed E-state index contributed by atoms with van der Waals surface area (Å²) < 4.78 is 0. The number of nitrogens with one attached hydrogen (secondary N) is 1. The van der Waals surface area contributed by atoms with Crippen molar-refractivity contribution in [1.82, 2.24) is 9.80 Å². The predicted octanol–water partition coefficient (Wildman–Crippen LogP) is 3.12. The van der Waals surface area contributed by atoms with Crippen molar-refractivity contribution in [3.8, 4) is 0 Å². The molecule has 1 saturated heterocycles. The molecule has 2 N–H and O–H groups in total. The molecule has 2 amide bonds. The summed E-state index contributed by atoms with van der Waals surface area (Å²) in [6.45, 7) is 6.99. The van der Waals surface area contributed by atoms with Gasteiger partial charge in [0.25, 0.3) is 0 Å². The molecule has 5 nitrogen and oxygen atoms in total. The maximum atomic E-state index is 12.6. The minimum absolute atomic E-state index is 0.000406. The first-order valence-corrected chi connectivity index (χ1v) is 8.99. The molecule has 1 aromatic rings. The molecule has 0 atom stereocenters. The van der Waals surface area contributed by atoms with Crippen molar-refractivity contribution < 1.29 is 9.90 Å². The Hall–Kier alpha value is -1.59. The number of rotatable bonds is 6. The van der Waals surface area contributed by atoms with Gasteiger partial charge in [-0.1, -0.05) is 32.0 Å². The highest BCUT2D eigenvalue weighted by Gasteiger charge is 2.25. The van der Waals surface area contributed by atoms with E-state index in [1.807, 2.05) is 23.1 Å². The van der Waals surface area contributed by atoms with E-state index in [1.54, 1.807) is 0 Å². The number of hydrogen-bond donors (Lipinski definition) is 2. The van der Waals surface area contributed by atoms with Gasteiger partial charge in [0.2, 0.25) is 0 Å². The summed E-state index contributed by atoms with van der Waals surface area (Å²) in [5, 5.41) is 12.0. The molecular weight excluding hydrogens is 302 g/mol. The third-order valence-electron chi connectivity index (χ3n) is 4.87. The van der Waals surface area contributed by atoms with Gasteiger partial charge in [-0.3, -0.25) is 0 Å². The first-order chi connectivity index (χ1) is 11.5. The molecule has 1 aliphatic rings. The molecule has 2 rings (SSSR count). The fraction of sp³-hybridized carbons (Fsp3) is 0.632. The molecule has 134 valence electrons. The molecular formula is C19H31N3O2. The van der Waals surface area contributed by atoms with Crippen molar-refractivity contribution in [2.24, 2.45) is 0 Å². The number of benzene rings is 1. The van der Waals surface area contributed by atoms with Gasteiger partial charge in [-0.25, -0.2) is 4.79 Å². The maximum Gasteiger partial charge on any atom is 0.321 e. The Morgan fingerprint density at radius 2 is 2.00 bits per heavy atom. The van der Waals surface area contributed by atoms with Crippen molar-refractivity contribution in [1.29, 1.82) is 0 Å². The lowest BCUT2D eigenvalue weighted by molar-refractivity contribution is 0.134. The second-order valence-corrected chi connectivity index (χ2v) is 6.95. The Balaban J connectivity index is 1.87. The molecule has 1 aromatic carbocycles. The largest absolute Gasteiger partial charge is 0.396 e. The fourth-order valence-electron chi connectivity index (χ4n) is 3.32. The van der Waals surface area contributed by atoms with Gasteiger partial charge in [0.1, 0.15) is 0 Å². The Morgan fingerprint density at radius 1 is 1.33 bits per heavy atom. The highest BCUT2D eigenvalue weighted by molar-refractivity contribution is 5.90. The van der Waals surface area contributed by atoms with E-state index in [9.17, 15) is 4.79 Å². The zero-order chi connectivity index (χ0) is 17.5. The maximum absolute atomic E-state index is 12.6. The van der Waals surface area contributed by atoms with E-state index in [1.165, 1.54) is 5.56 Å². The molecule has 24 heavy (non-hydrogen) atoms. The van der Waals surface area contributed by atoms with Crippen LogP contribution in [0.4, 0.5) is 10.5 Å². The zero-order valence-electron chi connectivity index (χ0n) is 15.2. The summed E-state index contributed by atoms with van der Waals surface area (Å²) in [5.74, 6) is 0.382. The van der Waals surface area contributed by atoms with Crippen LogP contribution in [0.5, 0.6) is 0 Å². The molecule has 0 aliphatic carbocycles. The summed E-state index contributed by atoms with van der Waals surface area (Å²) in [5.41, 5.74) is 2.09. The van der Waals surface area contributed by atoms with E-state index in [-0.39, 0.29) is 12.6 Å². The molecule has 5 heteroatoms. The Labute approximate surface area is 145 Å². The van der Waals surface area contributed by atoms with Crippen LogP contribution >= 0.6 is 0 Å². The minimum atomic E-state index is -0.000406. The second kappa shape index (κ2) is 9.04. The number of likely N-dealkylation sites (tertiary alicyclic amines) is 1. The van der Waals surface area contributed by atoms with Crippen LogP contribution in [-0.4, -0.2) is 60.3 Å². The number of urea groups is 1. The van der Waals surface area contributed by atoms with Gasteiger partial charge < -0.3 is 20.2 Å². The van der Waals surface area contributed by atoms with Crippen LogP contribution < -0.4 is 5.32 Å². The van der Waals surface area contributed by atoms with Crippen molar-refractivity contribution in [3.05, 3.63) is 29.8 Å². The van der Waals surface area contributed by atoms with Gasteiger partial charge in [0.05, 0.1) is 0 Å². The molecule has 0 radical (unpaired) electrons.